The molecule has 1 aromatic carbocycles. The molecule has 0 saturated carbocycles. The first-order valence-electron chi connectivity index (χ1n) is 10.5. The van der Waals surface area contributed by atoms with Crippen molar-refractivity contribution in [3.8, 4) is 5.69 Å². The minimum Gasteiger partial charge on any atom is -0.376 e. The zero-order valence-electron chi connectivity index (χ0n) is 17.6. The third-order valence-electron chi connectivity index (χ3n) is 6.75. The van der Waals surface area contributed by atoms with Crippen LogP contribution in [0.15, 0.2) is 23.0 Å². The number of benzene rings is 1. The normalized spacial score (nSPS) is 23.3. The monoisotopic (exact) mass is 450 g/mol. The Bertz CT molecular complexity index is 1010. The van der Waals surface area contributed by atoms with E-state index in [0.717, 1.165) is 31.7 Å². The number of halogens is 2. The maximum absolute atomic E-state index is 13.4. The van der Waals surface area contributed by atoms with Gasteiger partial charge in [0.2, 0.25) is 0 Å². The molecule has 2 aliphatic heterocycles. The Labute approximate surface area is 186 Å². The maximum atomic E-state index is 13.4. The Kier molecular flexibility index (Phi) is 5.88. The quantitative estimate of drug-likeness (QED) is 0.770. The summed E-state index contributed by atoms with van der Waals surface area (Å²) < 4.78 is 7.39. The highest BCUT2D eigenvalue weighted by atomic mass is 35.5. The Morgan fingerprint density at radius 1 is 1.30 bits per heavy atom. The van der Waals surface area contributed by atoms with Crippen molar-refractivity contribution in [3.05, 3.63) is 50.0 Å². The van der Waals surface area contributed by atoms with Crippen molar-refractivity contribution in [1.82, 2.24) is 9.55 Å². The summed E-state index contributed by atoms with van der Waals surface area (Å²) in [7, 11) is 0. The largest absolute Gasteiger partial charge is 0.376 e. The van der Waals surface area contributed by atoms with Gasteiger partial charge in [0, 0.05) is 24.5 Å². The second-order valence-corrected chi connectivity index (χ2v) is 9.20. The molecule has 30 heavy (non-hydrogen) atoms. The van der Waals surface area contributed by atoms with E-state index in [9.17, 15) is 4.79 Å². The van der Waals surface area contributed by atoms with Gasteiger partial charge in [0.1, 0.15) is 11.6 Å². The Balaban J connectivity index is 1.69. The fraction of sp³-hybridized carbons (Fsp3) is 0.545. The number of piperidine rings is 1. The van der Waals surface area contributed by atoms with E-state index < -0.39 is 0 Å². The van der Waals surface area contributed by atoms with Crippen molar-refractivity contribution in [3.63, 3.8) is 0 Å². The van der Waals surface area contributed by atoms with Crippen LogP contribution in [0.2, 0.25) is 10.0 Å². The third kappa shape index (κ3) is 3.44. The summed E-state index contributed by atoms with van der Waals surface area (Å²) in [6.07, 6.45) is 2.55. The minimum atomic E-state index is -0.0982. The molecule has 0 radical (unpaired) electrons. The highest BCUT2D eigenvalue weighted by molar-refractivity contribution is 6.43. The highest BCUT2D eigenvalue weighted by Gasteiger charge is 2.47. The lowest BCUT2D eigenvalue weighted by Crippen LogP contribution is -2.51. The number of nitrogens with zero attached hydrogens (tertiary/aromatic N) is 3. The SMILES string of the molecule is CCc1c(N2CCC3(CC2)CO[C@H](C)[C@@H]3N)nc(C)n(-c2cccc(Cl)c2Cl)c1=O. The molecule has 1 aromatic heterocycles. The first kappa shape index (κ1) is 21.6. The zero-order valence-corrected chi connectivity index (χ0v) is 19.1. The molecule has 0 unspecified atom stereocenters. The summed E-state index contributed by atoms with van der Waals surface area (Å²) in [6.45, 7) is 8.19. The lowest BCUT2D eigenvalue weighted by atomic mass is 9.73. The number of aromatic nitrogens is 2. The van der Waals surface area contributed by atoms with Crippen LogP contribution in [0.3, 0.4) is 0 Å². The van der Waals surface area contributed by atoms with Crippen molar-refractivity contribution in [1.29, 1.82) is 0 Å². The Morgan fingerprint density at radius 2 is 2.00 bits per heavy atom. The smallest absolute Gasteiger partial charge is 0.263 e. The minimum absolute atomic E-state index is 0.0284. The van der Waals surface area contributed by atoms with Crippen molar-refractivity contribution >= 4 is 29.0 Å². The molecule has 1 spiro atoms. The molecule has 2 saturated heterocycles. The standard InChI is InChI=1S/C22H28Cl2N4O2/c1-4-15-20(27-10-8-22(9-11-27)12-30-13(2)19(22)25)26-14(3)28(21(15)29)17-7-5-6-16(23)18(17)24/h5-7,13,19H,4,8-12,25H2,1-3H3/t13-,19+/m1/s1. The van der Waals surface area contributed by atoms with Crippen LogP contribution in [0.25, 0.3) is 5.69 Å². The van der Waals surface area contributed by atoms with Gasteiger partial charge < -0.3 is 15.4 Å². The molecular formula is C22H28Cl2N4O2. The number of anilines is 1. The van der Waals surface area contributed by atoms with Crippen molar-refractivity contribution in [2.24, 2.45) is 11.1 Å². The van der Waals surface area contributed by atoms with Crippen molar-refractivity contribution < 1.29 is 4.74 Å². The van der Waals surface area contributed by atoms with Crippen LogP contribution in [0.1, 0.15) is 38.1 Å². The summed E-state index contributed by atoms with van der Waals surface area (Å²) in [5.41, 5.74) is 7.63. The van der Waals surface area contributed by atoms with Crippen molar-refractivity contribution in [2.75, 3.05) is 24.6 Å². The van der Waals surface area contributed by atoms with E-state index in [1.54, 1.807) is 22.8 Å². The summed E-state index contributed by atoms with van der Waals surface area (Å²) in [5.74, 6) is 1.36. The van der Waals surface area contributed by atoms with Gasteiger partial charge in [0.15, 0.2) is 0 Å². The van der Waals surface area contributed by atoms with Gasteiger partial charge in [-0.1, -0.05) is 36.2 Å². The maximum Gasteiger partial charge on any atom is 0.263 e. The number of rotatable bonds is 3. The van der Waals surface area contributed by atoms with Gasteiger partial charge in [0.25, 0.3) is 5.56 Å². The summed E-state index contributed by atoms with van der Waals surface area (Å²) in [4.78, 5) is 20.5. The molecule has 0 amide bonds. The molecule has 4 rings (SSSR count). The number of ether oxygens (including phenoxy) is 1. The van der Waals surface area contributed by atoms with E-state index in [2.05, 4.69) is 4.90 Å². The van der Waals surface area contributed by atoms with Crippen LogP contribution >= 0.6 is 23.2 Å². The van der Waals surface area contributed by atoms with Gasteiger partial charge in [-0.2, -0.15) is 0 Å². The second-order valence-electron chi connectivity index (χ2n) is 8.42. The molecule has 2 aromatic rings. The van der Waals surface area contributed by atoms with E-state index in [-0.39, 0.29) is 23.1 Å². The first-order valence-corrected chi connectivity index (χ1v) is 11.2. The molecule has 2 fully saturated rings. The Hall–Kier alpha value is -1.60. The summed E-state index contributed by atoms with van der Waals surface area (Å²) in [5, 5.41) is 0.762. The molecule has 2 aliphatic rings. The fourth-order valence-electron chi connectivity index (χ4n) is 4.80. The number of nitrogens with two attached hydrogens (primary N) is 1. The van der Waals surface area contributed by atoms with Gasteiger partial charge in [-0.25, -0.2) is 4.98 Å². The fourth-order valence-corrected chi connectivity index (χ4v) is 5.18. The predicted octanol–water partition coefficient (Wildman–Crippen LogP) is 3.74. The van der Waals surface area contributed by atoms with Gasteiger partial charge >= 0.3 is 0 Å². The van der Waals surface area contributed by atoms with Crippen LogP contribution in [-0.2, 0) is 11.2 Å². The molecule has 162 valence electrons. The van der Waals surface area contributed by atoms with Gasteiger partial charge in [0.05, 0.1) is 34.0 Å². The zero-order chi connectivity index (χ0) is 21.6. The van der Waals surface area contributed by atoms with E-state index in [1.165, 1.54) is 0 Å². The van der Waals surface area contributed by atoms with E-state index >= 15 is 0 Å². The topological polar surface area (TPSA) is 73.4 Å². The lowest BCUT2D eigenvalue weighted by Gasteiger charge is -2.42. The van der Waals surface area contributed by atoms with Crippen LogP contribution < -0.4 is 16.2 Å². The van der Waals surface area contributed by atoms with Gasteiger partial charge in [-0.3, -0.25) is 9.36 Å². The summed E-state index contributed by atoms with van der Waals surface area (Å²) in [6, 6.07) is 5.33. The number of hydrogen-bond acceptors (Lipinski definition) is 5. The van der Waals surface area contributed by atoms with E-state index in [1.807, 2.05) is 20.8 Å². The average molecular weight is 451 g/mol. The van der Waals surface area contributed by atoms with Crippen LogP contribution in [-0.4, -0.2) is 41.4 Å². The molecule has 3 heterocycles. The number of hydrogen-bond donors (Lipinski definition) is 1. The molecule has 2 atom stereocenters. The van der Waals surface area contributed by atoms with Gasteiger partial charge in [-0.15, -0.1) is 0 Å². The third-order valence-corrected chi connectivity index (χ3v) is 7.56. The van der Waals surface area contributed by atoms with Crippen molar-refractivity contribution in [2.45, 2.75) is 52.2 Å². The first-order chi connectivity index (χ1) is 14.3. The molecule has 0 bridgehead atoms. The molecule has 2 N–H and O–H groups in total. The Morgan fingerprint density at radius 3 is 2.60 bits per heavy atom. The predicted molar refractivity (Wildman–Crippen MR) is 121 cm³/mol. The average Bonchev–Trinajstić information content (AvgIpc) is 3.00. The van der Waals surface area contributed by atoms with Gasteiger partial charge in [-0.05, 0) is 45.2 Å². The van der Waals surface area contributed by atoms with E-state index in [0.29, 0.717) is 40.1 Å². The number of aryl methyl sites for hydroxylation is 1. The lowest BCUT2D eigenvalue weighted by molar-refractivity contribution is 0.0974. The highest BCUT2D eigenvalue weighted by Crippen LogP contribution is 2.42. The summed E-state index contributed by atoms with van der Waals surface area (Å²) >= 11 is 12.6. The molecule has 6 nitrogen and oxygen atoms in total. The molecular weight excluding hydrogens is 423 g/mol. The van der Waals surface area contributed by atoms with Crippen LogP contribution in [0, 0.1) is 12.3 Å². The second kappa shape index (κ2) is 8.15. The van der Waals surface area contributed by atoms with Crippen LogP contribution in [0.4, 0.5) is 5.82 Å². The van der Waals surface area contributed by atoms with E-state index in [4.69, 9.17) is 38.7 Å². The van der Waals surface area contributed by atoms with Crippen LogP contribution in [0.5, 0.6) is 0 Å². The molecule has 8 heteroatoms. The molecule has 0 aliphatic carbocycles.